The second-order valence-electron chi connectivity index (χ2n) is 9.14. The van der Waals surface area contributed by atoms with Gasteiger partial charge in [0, 0.05) is 23.8 Å². The molecule has 0 bridgehead atoms. The predicted molar refractivity (Wildman–Crippen MR) is 147 cm³/mol. The molecule has 2 heterocycles. The normalized spacial score (nSPS) is 11.4. The molecule has 5 rings (SSSR count). The highest BCUT2D eigenvalue weighted by molar-refractivity contribution is 5.90. The van der Waals surface area contributed by atoms with Crippen LogP contribution in [0.4, 0.5) is 24.7 Å². The molecule has 40 heavy (non-hydrogen) atoms. The topological polar surface area (TPSA) is 81.1 Å². The highest BCUT2D eigenvalue weighted by Gasteiger charge is 2.29. The first kappa shape index (κ1) is 26.7. The molecule has 0 aliphatic carbocycles. The van der Waals surface area contributed by atoms with Gasteiger partial charge in [0.2, 0.25) is 5.91 Å². The molecule has 2 aromatic heterocycles. The molecule has 0 saturated carbocycles. The lowest BCUT2D eigenvalue weighted by Crippen LogP contribution is -2.27. The van der Waals surface area contributed by atoms with Gasteiger partial charge in [-0.3, -0.25) is 9.36 Å². The first-order valence-electron chi connectivity index (χ1n) is 12.6. The van der Waals surface area contributed by atoms with Crippen LogP contribution in [-0.2, 0) is 23.8 Å². The molecule has 5 aromatic rings. The van der Waals surface area contributed by atoms with Gasteiger partial charge in [-0.1, -0.05) is 30.3 Å². The second-order valence-corrected chi connectivity index (χ2v) is 9.14. The van der Waals surface area contributed by atoms with Gasteiger partial charge >= 0.3 is 6.18 Å². The fourth-order valence-corrected chi connectivity index (χ4v) is 4.37. The number of ether oxygens (including phenoxy) is 1. The first-order valence-corrected chi connectivity index (χ1v) is 12.6. The van der Waals surface area contributed by atoms with Gasteiger partial charge in [0.15, 0.2) is 11.6 Å². The zero-order valence-electron chi connectivity index (χ0n) is 21.6. The monoisotopic (exact) mass is 545 g/mol. The summed E-state index contributed by atoms with van der Waals surface area (Å²) in [6, 6.07) is 23.6. The number of nitrogens with zero attached hydrogens (tertiary/aromatic N) is 3. The molecule has 0 spiro atoms. The van der Waals surface area contributed by atoms with E-state index >= 15 is 0 Å². The van der Waals surface area contributed by atoms with Gasteiger partial charge in [-0.25, -0.2) is 0 Å². The Morgan fingerprint density at radius 1 is 0.925 bits per heavy atom. The number of carbonyl (C=O) groups is 1. The van der Waals surface area contributed by atoms with Crippen LogP contribution in [0, 0.1) is 0 Å². The number of hydrogen-bond donors (Lipinski definition) is 2. The number of anilines is 2. The van der Waals surface area contributed by atoms with E-state index in [-0.39, 0.29) is 12.3 Å². The van der Waals surface area contributed by atoms with E-state index in [1.54, 1.807) is 19.2 Å². The van der Waals surface area contributed by atoms with Crippen molar-refractivity contribution in [2.24, 2.45) is 0 Å². The Morgan fingerprint density at radius 3 is 2.35 bits per heavy atom. The lowest BCUT2D eigenvalue weighted by atomic mass is 10.1. The number of aromatic nitrogens is 3. The van der Waals surface area contributed by atoms with E-state index in [4.69, 9.17) is 4.74 Å². The molecule has 10 heteroatoms. The van der Waals surface area contributed by atoms with Gasteiger partial charge in [-0.05, 0) is 72.1 Å². The van der Waals surface area contributed by atoms with E-state index < -0.39 is 11.7 Å². The summed E-state index contributed by atoms with van der Waals surface area (Å²) < 4.78 is 45.5. The van der Waals surface area contributed by atoms with Crippen molar-refractivity contribution in [1.29, 1.82) is 0 Å². The number of para-hydroxylation sites is 1. The molecule has 0 radical (unpaired) electrons. The van der Waals surface area contributed by atoms with Crippen LogP contribution in [0.1, 0.15) is 16.7 Å². The molecule has 1 amide bonds. The summed E-state index contributed by atoms with van der Waals surface area (Å²) in [6.45, 7) is 0.517. The van der Waals surface area contributed by atoms with Crippen molar-refractivity contribution in [3.05, 3.63) is 108 Å². The molecular formula is C30H26F3N5O2. The number of methoxy groups -OCH3 is 1. The van der Waals surface area contributed by atoms with Crippen LogP contribution in [0.5, 0.6) is 5.75 Å². The van der Waals surface area contributed by atoms with Crippen LogP contribution in [-0.4, -0.2) is 34.3 Å². The maximum atomic E-state index is 12.8. The summed E-state index contributed by atoms with van der Waals surface area (Å²) in [5.41, 5.74) is 2.57. The highest BCUT2D eigenvalue weighted by atomic mass is 19.4. The molecule has 0 saturated heterocycles. The molecule has 0 fully saturated rings. The van der Waals surface area contributed by atoms with Crippen molar-refractivity contribution in [3.63, 3.8) is 0 Å². The van der Waals surface area contributed by atoms with Gasteiger partial charge in [0.1, 0.15) is 5.75 Å². The standard InChI is InChI=1S/C30H26F3N5O2/c1-40-24-12-6-20(7-13-24)16-17-34-29(39)18-21-19-38(26-5-3-2-4-25(21)26)28-15-14-27(36-37-28)35-23-10-8-22(9-11-23)30(31,32)33/h2-15,19H,16-18H2,1H3,(H,34,39)(H,35,36). The van der Waals surface area contributed by atoms with Gasteiger partial charge in [0.25, 0.3) is 0 Å². The minimum absolute atomic E-state index is 0.0846. The fourth-order valence-electron chi connectivity index (χ4n) is 4.37. The van der Waals surface area contributed by atoms with Gasteiger partial charge < -0.3 is 15.4 Å². The number of nitrogens with one attached hydrogen (secondary N) is 2. The quantitative estimate of drug-likeness (QED) is 0.234. The highest BCUT2D eigenvalue weighted by Crippen LogP contribution is 2.30. The van der Waals surface area contributed by atoms with Crippen molar-refractivity contribution < 1.29 is 22.7 Å². The van der Waals surface area contributed by atoms with Gasteiger partial charge in [-0.15, -0.1) is 10.2 Å². The van der Waals surface area contributed by atoms with E-state index in [1.807, 2.05) is 59.3 Å². The molecular weight excluding hydrogens is 519 g/mol. The molecule has 7 nitrogen and oxygen atoms in total. The van der Waals surface area contributed by atoms with Crippen LogP contribution in [0.15, 0.2) is 91.1 Å². The molecule has 0 unspecified atom stereocenters. The fraction of sp³-hybridized carbons (Fsp3) is 0.167. The molecule has 0 aliphatic rings. The number of carbonyl (C=O) groups excluding carboxylic acids is 1. The number of alkyl halides is 3. The number of benzene rings is 3. The summed E-state index contributed by atoms with van der Waals surface area (Å²) >= 11 is 0. The Bertz CT molecular complexity index is 1600. The molecule has 2 N–H and O–H groups in total. The van der Waals surface area contributed by atoms with Crippen LogP contribution >= 0.6 is 0 Å². The average Bonchev–Trinajstić information content (AvgIpc) is 3.32. The Morgan fingerprint density at radius 2 is 1.68 bits per heavy atom. The van der Waals surface area contributed by atoms with E-state index in [2.05, 4.69) is 20.8 Å². The summed E-state index contributed by atoms with van der Waals surface area (Å²) in [4.78, 5) is 12.7. The van der Waals surface area contributed by atoms with Crippen molar-refractivity contribution in [3.8, 4) is 11.6 Å². The minimum Gasteiger partial charge on any atom is -0.497 e. The van der Waals surface area contributed by atoms with Gasteiger partial charge in [-0.2, -0.15) is 13.2 Å². The van der Waals surface area contributed by atoms with Gasteiger partial charge in [0.05, 0.1) is 24.6 Å². The maximum Gasteiger partial charge on any atom is 0.416 e. The SMILES string of the molecule is COc1ccc(CCNC(=O)Cc2cn(-c3ccc(Nc4ccc(C(F)(F)F)cc4)nn3)c3ccccc23)cc1. The molecule has 0 atom stereocenters. The first-order chi connectivity index (χ1) is 19.3. The second kappa shape index (κ2) is 11.5. The number of fused-ring (bicyclic) bond motifs is 1. The third-order valence-corrected chi connectivity index (χ3v) is 6.42. The summed E-state index contributed by atoms with van der Waals surface area (Å²) in [6.07, 6.45) is -1.60. The summed E-state index contributed by atoms with van der Waals surface area (Å²) in [5.74, 6) is 1.63. The maximum absolute atomic E-state index is 12.8. The predicted octanol–water partition coefficient (Wildman–Crippen LogP) is 6.09. The minimum atomic E-state index is -4.39. The largest absolute Gasteiger partial charge is 0.497 e. The van der Waals surface area contributed by atoms with Crippen molar-refractivity contribution in [2.75, 3.05) is 19.0 Å². The average molecular weight is 546 g/mol. The van der Waals surface area contributed by atoms with Crippen molar-refractivity contribution in [1.82, 2.24) is 20.1 Å². The number of rotatable bonds is 9. The number of amides is 1. The third-order valence-electron chi connectivity index (χ3n) is 6.42. The summed E-state index contributed by atoms with van der Waals surface area (Å²) in [7, 11) is 1.62. The van der Waals surface area contributed by atoms with Crippen LogP contribution < -0.4 is 15.4 Å². The van der Waals surface area contributed by atoms with E-state index in [9.17, 15) is 18.0 Å². The molecule has 0 aliphatic heterocycles. The summed E-state index contributed by atoms with van der Waals surface area (Å²) in [5, 5.41) is 15.4. The van der Waals surface area contributed by atoms with Crippen LogP contribution in [0.3, 0.4) is 0 Å². The third kappa shape index (κ3) is 6.23. The smallest absolute Gasteiger partial charge is 0.416 e. The lowest BCUT2D eigenvalue weighted by Gasteiger charge is -2.09. The van der Waals surface area contributed by atoms with E-state index in [1.165, 1.54) is 12.1 Å². The Hall–Kier alpha value is -4.86. The zero-order valence-corrected chi connectivity index (χ0v) is 21.6. The van der Waals surface area contributed by atoms with E-state index in [0.717, 1.165) is 39.9 Å². The van der Waals surface area contributed by atoms with Crippen molar-refractivity contribution in [2.45, 2.75) is 19.0 Å². The molecule has 204 valence electrons. The van der Waals surface area contributed by atoms with Crippen molar-refractivity contribution >= 4 is 28.3 Å². The lowest BCUT2D eigenvalue weighted by molar-refractivity contribution is -0.137. The number of halogens is 3. The van der Waals surface area contributed by atoms with Crippen LogP contribution in [0.25, 0.3) is 16.7 Å². The Kier molecular flexibility index (Phi) is 7.68. The zero-order chi connectivity index (χ0) is 28.1. The van der Waals surface area contributed by atoms with Crippen LogP contribution in [0.2, 0.25) is 0 Å². The molecule has 3 aromatic carbocycles. The van der Waals surface area contributed by atoms with E-state index in [0.29, 0.717) is 30.3 Å². The Labute approximate surface area is 228 Å². The number of hydrogen-bond acceptors (Lipinski definition) is 5. The Balaban J connectivity index is 1.25.